The number of alkyl halides is 1. The van der Waals surface area contributed by atoms with E-state index in [9.17, 15) is 18.8 Å². The maximum atomic E-state index is 13.1. The number of aliphatic imine (C=N–C) groups is 1. The van der Waals surface area contributed by atoms with Gasteiger partial charge in [0, 0.05) is 56.8 Å². The first-order valence-corrected chi connectivity index (χ1v) is 13.6. The third-order valence-electron chi connectivity index (χ3n) is 6.07. The fraction of sp³-hybridized carbons (Fsp3) is 0.387. The molecule has 0 radical (unpaired) electrons. The number of H-pyrrole nitrogens is 1. The van der Waals surface area contributed by atoms with Gasteiger partial charge in [0.05, 0.1) is 18.0 Å². The minimum absolute atomic E-state index is 0.222. The third kappa shape index (κ3) is 9.83. The summed E-state index contributed by atoms with van der Waals surface area (Å²) in [7, 11) is 0. The average molecular weight is 583 g/mol. The number of Topliss-reactive ketones (excluding diaryl/α,β-unsaturated/α-hetero) is 1. The highest BCUT2D eigenvalue weighted by Gasteiger charge is 2.24. The summed E-state index contributed by atoms with van der Waals surface area (Å²) in [6.45, 7) is 23.9. The van der Waals surface area contributed by atoms with Crippen LogP contribution in [0.4, 0.5) is 4.39 Å². The number of ether oxygens (including phenoxy) is 1. The number of halogens is 1. The van der Waals surface area contributed by atoms with Crippen LogP contribution in [0.15, 0.2) is 72.7 Å². The molecule has 1 N–H and O–H groups in total. The van der Waals surface area contributed by atoms with E-state index in [0.29, 0.717) is 30.0 Å². The molecule has 2 aromatic heterocycles. The number of rotatable bonds is 8. The third-order valence-corrected chi connectivity index (χ3v) is 6.07. The molecule has 0 saturated carbocycles. The molecule has 1 saturated heterocycles. The Labute approximate surface area is 247 Å². The molecule has 0 unspecified atom stereocenters. The number of hydrogen-bond acceptors (Lipinski definition) is 7. The second-order valence-corrected chi connectivity index (χ2v) is 9.11. The Kier molecular flexibility index (Phi) is 15.2. The predicted molar refractivity (Wildman–Crippen MR) is 164 cm³/mol. The summed E-state index contributed by atoms with van der Waals surface area (Å²) in [5.41, 5.74) is 3.85. The van der Waals surface area contributed by atoms with Gasteiger partial charge in [0.15, 0.2) is 11.5 Å². The Balaban J connectivity index is 0.000000395. The van der Waals surface area contributed by atoms with E-state index < -0.39 is 12.6 Å². The summed E-state index contributed by atoms with van der Waals surface area (Å²) >= 11 is 0. The number of allylic oxidation sites excluding steroid dienone is 3. The summed E-state index contributed by atoms with van der Waals surface area (Å²) < 4.78 is 19.5. The van der Waals surface area contributed by atoms with Crippen LogP contribution in [-0.4, -0.2) is 80.8 Å². The number of carbonyl (C=O) groups excluding carboxylic acids is 3. The Morgan fingerprint density at radius 1 is 1.14 bits per heavy atom. The molecule has 1 fully saturated rings. The average Bonchev–Trinajstić information content (AvgIpc) is 3.62. The predicted octanol–water partition coefficient (Wildman–Crippen LogP) is 5.00. The van der Waals surface area contributed by atoms with Gasteiger partial charge in [0.1, 0.15) is 6.67 Å². The number of nitrogens with one attached hydrogen (secondary N) is 1. The van der Waals surface area contributed by atoms with Gasteiger partial charge in [-0.1, -0.05) is 25.3 Å². The molecule has 11 heteroatoms. The zero-order valence-electron chi connectivity index (χ0n) is 25.6. The molecule has 2 aromatic rings. The normalized spacial score (nSPS) is 13.2. The molecule has 0 aromatic carbocycles. The summed E-state index contributed by atoms with van der Waals surface area (Å²) in [5, 5.41) is 4.26. The van der Waals surface area contributed by atoms with Crippen molar-refractivity contribution in [2.75, 3.05) is 32.8 Å². The maximum absolute atomic E-state index is 13.1. The summed E-state index contributed by atoms with van der Waals surface area (Å²) in [4.78, 5) is 45.3. The van der Waals surface area contributed by atoms with E-state index in [1.54, 1.807) is 43.2 Å². The van der Waals surface area contributed by atoms with Crippen LogP contribution >= 0.6 is 0 Å². The topological polar surface area (TPSA) is 113 Å². The number of esters is 1. The molecule has 228 valence electrons. The Hall–Kier alpha value is -4.54. The molecule has 0 atom stereocenters. The van der Waals surface area contributed by atoms with Crippen molar-refractivity contribution in [3.05, 3.63) is 90.3 Å². The largest absolute Gasteiger partial charge is 0.461 e. The Bertz CT molecular complexity index is 1310. The van der Waals surface area contributed by atoms with Crippen molar-refractivity contribution in [3.63, 3.8) is 0 Å². The molecular weight excluding hydrogens is 539 g/mol. The van der Waals surface area contributed by atoms with Gasteiger partial charge < -0.3 is 19.5 Å². The summed E-state index contributed by atoms with van der Waals surface area (Å²) in [6.07, 6.45) is 6.68. The van der Waals surface area contributed by atoms with Crippen LogP contribution < -0.4 is 0 Å². The molecule has 0 spiro atoms. The molecule has 42 heavy (non-hydrogen) atoms. The number of aromatic nitrogens is 3. The van der Waals surface area contributed by atoms with Crippen LogP contribution in [0, 0.1) is 6.92 Å². The monoisotopic (exact) mass is 582 g/mol. The Morgan fingerprint density at radius 2 is 1.74 bits per heavy atom. The highest BCUT2D eigenvalue weighted by molar-refractivity contribution is 6.35. The molecule has 0 aliphatic carbocycles. The van der Waals surface area contributed by atoms with Crippen molar-refractivity contribution in [1.29, 1.82) is 0 Å². The lowest BCUT2D eigenvalue weighted by molar-refractivity contribution is -0.144. The highest BCUT2D eigenvalue weighted by Crippen LogP contribution is 2.16. The van der Waals surface area contributed by atoms with Gasteiger partial charge in [0.2, 0.25) is 5.78 Å². The smallest absolute Gasteiger partial charge is 0.357 e. The lowest BCUT2D eigenvalue weighted by Crippen LogP contribution is -2.49. The number of ketones is 1. The first kappa shape index (κ1) is 35.5. The number of piperazine rings is 1. The molecule has 10 nitrogen and oxygen atoms in total. The number of nitrogens with zero attached hydrogens (tertiary/aromatic N) is 5. The molecule has 0 bridgehead atoms. The molecule has 1 aliphatic heterocycles. The second kappa shape index (κ2) is 18.0. The minimum atomic E-state index is -0.663. The van der Waals surface area contributed by atoms with Crippen molar-refractivity contribution in [3.8, 4) is 0 Å². The maximum Gasteiger partial charge on any atom is 0.357 e. The quantitative estimate of drug-likeness (QED) is 0.117. The van der Waals surface area contributed by atoms with Gasteiger partial charge in [-0.15, -0.1) is 6.58 Å². The number of amides is 1. The molecular formula is C31H43FN6O4. The highest BCUT2D eigenvalue weighted by atomic mass is 19.1. The standard InChI is InChI=1S/C15H17FN4O2.C13H20N2O2.C3H6/c1-4-17-14(13-11(9-16)6-7-18-13)20-12(8-10(3)19-20)15(21)22-5-2;1-5-10(2)11(3)14-6-8-15(9-7-14)13(17)12(4)16;1-3-2/h4,6-8,18H,1,5,9H2,2-3H3;5H,3,6-9H2,1-2,4H3;3H,1H2,2H3/b;10-5+;. The zero-order chi connectivity index (χ0) is 31.8. The summed E-state index contributed by atoms with van der Waals surface area (Å²) in [6, 6.07) is 3.20. The van der Waals surface area contributed by atoms with E-state index in [0.717, 1.165) is 24.4 Å². The van der Waals surface area contributed by atoms with Crippen LogP contribution in [0.25, 0.3) is 0 Å². The van der Waals surface area contributed by atoms with E-state index >= 15 is 0 Å². The number of aryl methyl sites for hydroxylation is 1. The van der Waals surface area contributed by atoms with E-state index in [4.69, 9.17) is 4.74 Å². The van der Waals surface area contributed by atoms with Gasteiger partial charge in [-0.25, -0.2) is 18.9 Å². The lowest BCUT2D eigenvalue weighted by Gasteiger charge is -2.36. The summed E-state index contributed by atoms with van der Waals surface area (Å²) in [5.74, 6) is -1.00. The second-order valence-electron chi connectivity index (χ2n) is 9.11. The fourth-order valence-corrected chi connectivity index (χ4v) is 3.86. The zero-order valence-corrected chi connectivity index (χ0v) is 25.6. The van der Waals surface area contributed by atoms with Crippen molar-refractivity contribution in [2.45, 2.75) is 48.2 Å². The van der Waals surface area contributed by atoms with Crippen LogP contribution in [0.5, 0.6) is 0 Å². The van der Waals surface area contributed by atoms with E-state index in [1.165, 1.54) is 17.8 Å². The van der Waals surface area contributed by atoms with E-state index in [2.05, 4.69) is 39.7 Å². The van der Waals surface area contributed by atoms with Gasteiger partial charge in [-0.05, 0) is 52.3 Å². The van der Waals surface area contributed by atoms with Crippen LogP contribution in [0.2, 0.25) is 0 Å². The lowest BCUT2D eigenvalue weighted by atomic mass is 10.1. The number of carbonyl (C=O) groups is 3. The van der Waals surface area contributed by atoms with Crippen molar-refractivity contribution >= 4 is 23.5 Å². The minimum Gasteiger partial charge on any atom is -0.461 e. The Morgan fingerprint density at radius 3 is 2.24 bits per heavy atom. The van der Waals surface area contributed by atoms with Crippen LogP contribution in [0.3, 0.4) is 0 Å². The first-order valence-electron chi connectivity index (χ1n) is 13.6. The first-order chi connectivity index (χ1) is 20.0. The number of hydrogen-bond donors (Lipinski definition) is 1. The van der Waals surface area contributed by atoms with E-state index in [-0.39, 0.29) is 29.8 Å². The molecule has 1 aliphatic rings. The van der Waals surface area contributed by atoms with E-state index in [1.807, 2.05) is 26.8 Å². The fourth-order valence-electron chi connectivity index (χ4n) is 3.86. The van der Waals surface area contributed by atoms with Gasteiger partial charge in [-0.3, -0.25) is 9.59 Å². The van der Waals surface area contributed by atoms with Gasteiger partial charge in [-0.2, -0.15) is 5.10 Å². The molecule has 3 heterocycles. The SMILES string of the molecule is C=C(/C(C)=C/C)N1CCN(C(=O)C(C)=O)CC1.C=CC.C=CN=C(c1[nH]ccc1CF)n1nc(C)cc1C(=O)OCC. The van der Waals surface area contributed by atoms with Crippen molar-refractivity contribution in [1.82, 2.24) is 24.6 Å². The molecule has 1 amide bonds. The van der Waals surface area contributed by atoms with Gasteiger partial charge >= 0.3 is 5.97 Å². The molecule has 3 rings (SSSR count). The van der Waals surface area contributed by atoms with Crippen LogP contribution in [0.1, 0.15) is 62.1 Å². The van der Waals surface area contributed by atoms with Crippen molar-refractivity contribution in [2.24, 2.45) is 4.99 Å². The van der Waals surface area contributed by atoms with Gasteiger partial charge in [0.25, 0.3) is 5.91 Å². The van der Waals surface area contributed by atoms with Crippen molar-refractivity contribution < 1.29 is 23.5 Å². The van der Waals surface area contributed by atoms with Crippen LogP contribution in [-0.2, 0) is 21.0 Å². The number of aromatic amines is 1.